The number of hydrogen-bond donors (Lipinski definition) is 0. The zero-order valence-corrected chi connectivity index (χ0v) is 11.6. The molecule has 1 aromatic carbocycles. The molecule has 0 N–H and O–H groups in total. The van der Waals surface area contributed by atoms with Crippen LogP contribution in [0.25, 0.3) is 10.9 Å². The molecule has 2 rings (SSSR count). The van der Waals surface area contributed by atoms with Gasteiger partial charge in [-0.3, -0.25) is 0 Å². The summed E-state index contributed by atoms with van der Waals surface area (Å²) >= 11 is 0. The van der Waals surface area contributed by atoms with Crippen LogP contribution in [-0.4, -0.2) is 23.9 Å². The molecular weight excluding hydrogens is 226 g/mol. The predicted octanol–water partition coefficient (Wildman–Crippen LogP) is 3.47. The zero-order valence-electron chi connectivity index (χ0n) is 11.6. The van der Waals surface area contributed by atoms with Crippen molar-refractivity contribution in [2.45, 2.75) is 32.9 Å². The highest BCUT2D eigenvalue weighted by atomic mass is 16.5. The second-order valence-corrected chi connectivity index (χ2v) is 5.36. The molecule has 0 aliphatic carbocycles. The largest absolute Gasteiger partial charge is 0.496 e. The van der Waals surface area contributed by atoms with E-state index >= 15 is 0 Å². The minimum atomic E-state index is -0.0827. The molecule has 18 heavy (non-hydrogen) atoms. The van der Waals surface area contributed by atoms with Crippen LogP contribution < -0.4 is 4.74 Å². The molecule has 2 aromatic rings. The van der Waals surface area contributed by atoms with E-state index in [0.717, 1.165) is 17.7 Å². The number of ether oxygens (including phenoxy) is 2. The maximum absolute atomic E-state index is 5.76. The van der Waals surface area contributed by atoms with Crippen LogP contribution in [0.5, 0.6) is 5.75 Å². The van der Waals surface area contributed by atoms with Crippen molar-refractivity contribution < 1.29 is 9.47 Å². The van der Waals surface area contributed by atoms with E-state index in [-0.39, 0.29) is 5.60 Å². The molecular formula is C15H21NO2. The van der Waals surface area contributed by atoms with Crippen LogP contribution in [0.3, 0.4) is 0 Å². The molecule has 0 radical (unpaired) electrons. The molecule has 0 atom stereocenters. The van der Waals surface area contributed by atoms with Crippen LogP contribution in [0, 0.1) is 0 Å². The Morgan fingerprint density at radius 2 is 1.94 bits per heavy atom. The van der Waals surface area contributed by atoms with Crippen molar-refractivity contribution in [2.75, 3.05) is 13.7 Å². The molecule has 0 saturated heterocycles. The van der Waals surface area contributed by atoms with Crippen molar-refractivity contribution in [1.82, 2.24) is 4.57 Å². The predicted molar refractivity (Wildman–Crippen MR) is 74.2 cm³/mol. The van der Waals surface area contributed by atoms with Crippen molar-refractivity contribution >= 4 is 10.9 Å². The first-order chi connectivity index (χ1) is 8.51. The first kappa shape index (κ1) is 13.0. The second-order valence-electron chi connectivity index (χ2n) is 5.36. The van der Waals surface area contributed by atoms with Crippen molar-refractivity contribution in [2.24, 2.45) is 0 Å². The van der Waals surface area contributed by atoms with E-state index in [0.29, 0.717) is 6.61 Å². The topological polar surface area (TPSA) is 23.4 Å². The lowest BCUT2D eigenvalue weighted by Gasteiger charge is -2.19. The van der Waals surface area contributed by atoms with Gasteiger partial charge in [0, 0.05) is 18.1 Å². The van der Waals surface area contributed by atoms with E-state index in [2.05, 4.69) is 43.7 Å². The van der Waals surface area contributed by atoms with Gasteiger partial charge in [-0.1, -0.05) is 6.07 Å². The van der Waals surface area contributed by atoms with Crippen LogP contribution in [0.15, 0.2) is 30.5 Å². The Labute approximate surface area is 108 Å². The van der Waals surface area contributed by atoms with Crippen molar-refractivity contribution in [3.63, 3.8) is 0 Å². The van der Waals surface area contributed by atoms with Crippen molar-refractivity contribution in [1.29, 1.82) is 0 Å². The molecule has 0 fully saturated rings. The Bertz CT molecular complexity index is 523. The van der Waals surface area contributed by atoms with Crippen LogP contribution in [0.4, 0.5) is 0 Å². The number of methoxy groups -OCH3 is 1. The van der Waals surface area contributed by atoms with Gasteiger partial charge in [-0.2, -0.15) is 0 Å². The minimum absolute atomic E-state index is 0.0827. The van der Waals surface area contributed by atoms with E-state index in [1.807, 2.05) is 12.1 Å². The molecule has 0 bridgehead atoms. The quantitative estimate of drug-likeness (QED) is 0.826. The number of aromatic nitrogens is 1. The summed E-state index contributed by atoms with van der Waals surface area (Å²) in [5.74, 6) is 0.919. The van der Waals surface area contributed by atoms with Gasteiger partial charge >= 0.3 is 0 Å². The van der Waals surface area contributed by atoms with E-state index < -0.39 is 0 Å². The van der Waals surface area contributed by atoms with Gasteiger partial charge in [-0.15, -0.1) is 0 Å². The highest BCUT2D eigenvalue weighted by Crippen LogP contribution is 2.26. The summed E-state index contributed by atoms with van der Waals surface area (Å²) < 4.78 is 13.3. The zero-order chi connectivity index (χ0) is 13.2. The third-order valence-electron chi connectivity index (χ3n) is 2.86. The first-order valence-corrected chi connectivity index (χ1v) is 6.27. The van der Waals surface area contributed by atoms with Gasteiger partial charge in [0.15, 0.2) is 0 Å². The number of fused-ring (bicyclic) bond motifs is 1. The third kappa shape index (κ3) is 2.85. The van der Waals surface area contributed by atoms with Gasteiger partial charge < -0.3 is 14.0 Å². The summed E-state index contributed by atoms with van der Waals surface area (Å²) in [7, 11) is 1.70. The fourth-order valence-electron chi connectivity index (χ4n) is 2.02. The molecule has 0 aliphatic heterocycles. The molecule has 0 aliphatic rings. The fraction of sp³-hybridized carbons (Fsp3) is 0.467. The van der Waals surface area contributed by atoms with Gasteiger partial charge in [-0.25, -0.2) is 0 Å². The summed E-state index contributed by atoms with van der Waals surface area (Å²) in [6, 6.07) is 8.20. The number of nitrogens with zero attached hydrogens (tertiary/aromatic N) is 1. The van der Waals surface area contributed by atoms with Crippen molar-refractivity contribution in [3.8, 4) is 5.75 Å². The molecule has 98 valence electrons. The Morgan fingerprint density at radius 3 is 2.61 bits per heavy atom. The summed E-state index contributed by atoms with van der Waals surface area (Å²) in [6.07, 6.45) is 2.08. The Hall–Kier alpha value is -1.48. The maximum atomic E-state index is 5.76. The van der Waals surface area contributed by atoms with Gasteiger partial charge in [0.25, 0.3) is 0 Å². The average Bonchev–Trinajstić information content (AvgIpc) is 2.71. The van der Waals surface area contributed by atoms with Crippen LogP contribution in [0.1, 0.15) is 20.8 Å². The molecule has 1 aromatic heterocycles. The van der Waals surface area contributed by atoms with E-state index in [9.17, 15) is 0 Å². The summed E-state index contributed by atoms with van der Waals surface area (Å²) in [5, 5.41) is 1.15. The van der Waals surface area contributed by atoms with Crippen LogP contribution >= 0.6 is 0 Å². The lowest BCUT2D eigenvalue weighted by molar-refractivity contribution is -0.00644. The SMILES string of the molecule is COc1cccc2c1ccn2CCOC(C)(C)C. The molecule has 0 spiro atoms. The maximum Gasteiger partial charge on any atom is 0.128 e. The Balaban J connectivity index is 2.15. The molecule has 1 heterocycles. The van der Waals surface area contributed by atoms with Crippen LogP contribution in [-0.2, 0) is 11.3 Å². The molecule has 0 saturated carbocycles. The molecule has 0 amide bonds. The van der Waals surface area contributed by atoms with Gasteiger partial charge in [-0.05, 0) is 39.0 Å². The highest BCUT2D eigenvalue weighted by molar-refractivity contribution is 5.86. The standard InChI is InChI=1S/C15H21NO2/c1-15(2,3)18-11-10-16-9-8-12-13(16)6-5-7-14(12)17-4/h5-9H,10-11H2,1-4H3. The van der Waals surface area contributed by atoms with Gasteiger partial charge in [0.05, 0.1) is 24.8 Å². The Morgan fingerprint density at radius 1 is 1.17 bits per heavy atom. The smallest absolute Gasteiger partial charge is 0.128 e. The number of hydrogen-bond acceptors (Lipinski definition) is 2. The second kappa shape index (κ2) is 5.02. The van der Waals surface area contributed by atoms with E-state index in [1.54, 1.807) is 7.11 Å². The molecule has 3 nitrogen and oxygen atoms in total. The van der Waals surface area contributed by atoms with Gasteiger partial charge in [0.2, 0.25) is 0 Å². The number of rotatable bonds is 4. The van der Waals surface area contributed by atoms with Crippen LogP contribution in [0.2, 0.25) is 0 Å². The lowest BCUT2D eigenvalue weighted by Crippen LogP contribution is -2.21. The third-order valence-corrected chi connectivity index (χ3v) is 2.86. The highest BCUT2D eigenvalue weighted by Gasteiger charge is 2.10. The van der Waals surface area contributed by atoms with Gasteiger partial charge in [0.1, 0.15) is 5.75 Å². The average molecular weight is 247 g/mol. The first-order valence-electron chi connectivity index (χ1n) is 6.27. The monoisotopic (exact) mass is 247 g/mol. The fourth-order valence-corrected chi connectivity index (χ4v) is 2.02. The van der Waals surface area contributed by atoms with Crippen molar-refractivity contribution in [3.05, 3.63) is 30.5 Å². The molecule has 3 heteroatoms. The summed E-state index contributed by atoms with van der Waals surface area (Å²) in [5.41, 5.74) is 1.10. The summed E-state index contributed by atoms with van der Waals surface area (Å²) in [6.45, 7) is 7.79. The normalized spacial score (nSPS) is 12.0. The number of benzene rings is 1. The molecule has 0 unspecified atom stereocenters. The Kier molecular flexibility index (Phi) is 3.62. The minimum Gasteiger partial charge on any atom is -0.496 e. The lowest BCUT2D eigenvalue weighted by atomic mass is 10.2. The van der Waals surface area contributed by atoms with E-state index in [1.165, 1.54) is 5.52 Å². The van der Waals surface area contributed by atoms with E-state index in [4.69, 9.17) is 9.47 Å². The summed E-state index contributed by atoms with van der Waals surface area (Å²) in [4.78, 5) is 0.